The van der Waals surface area contributed by atoms with Gasteiger partial charge in [-0.3, -0.25) is 4.79 Å². The Balaban J connectivity index is 1.51. The quantitative estimate of drug-likeness (QED) is 0.356. The number of nitrogens with zero attached hydrogens (tertiary/aromatic N) is 2. The summed E-state index contributed by atoms with van der Waals surface area (Å²) in [5, 5.41) is 10.9. The molecule has 2 aromatic rings. The zero-order valence-corrected chi connectivity index (χ0v) is 28.5. The van der Waals surface area contributed by atoms with Gasteiger partial charge in [0.15, 0.2) is 0 Å². The van der Waals surface area contributed by atoms with Gasteiger partial charge in [-0.1, -0.05) is 43.7 Å². The summed E-state index contributed by atoms with van der Waals surface area (Å²) in [4.78, 5) is 15.7. The first-order chi connectivity index (χ1) is 22.0. The van der Waals surface area contributed by atoms with Gasteiger partial charge >= 0.3 is 0 Å². The molecule has 2 aromatic carbocycles. The fraction of sp³-hybridized carbons (Fsp3) is 0.556. The zero-order chi connectivity index (χ0) is 32.6. The topological polar surface area (TPSA) is 109 Å². The normalized spacial score (nSPS) is 29.7. The molecule has 0 saturated heterocycles. The second-order valence-corrected chi connectivity index (χ2v) is 15.8. The summed E-state index contributed by atoms with van der Waals surface area (Å²) in [6.45, 7) is 5.42. The Labute approximate surface area is 278 Å². The highest BCUT2D eigenvalue weighted by Crippen LogP contribution is 2.52. The largest absolute Gasteiger partial charge is 0.487 e. The van der Waals surface area contributed by atoms with Crippen molar-refractivity contribution in [1.29, 1.82) is 5.26 Å². The molecule has 246 valence electrons. The number of halogens is 1. The summed E-state index contributed by atoms with van der Waals surface area (Å²) in [7, 11) is -2.55. The molecule has 2 aliphatic carbocycles. The number of nitriles is 1. The summed E-state index contributed by atoms with van der Waals surface area (Å²) >= 11 is 6.37. The van der Waals surface area contributed by atoms with E-state index in [1.54, 1.807) is 26.2 Å². The highest BCUT2D eigenvalue weighted by Gasteiger charge is 2.49. The standard InChI is InChI=1S/C36H44ClN3O5S/c1-23-7-6-9-32(44-3)29-13-11-26(29)20-40-16-5-4-8-25-17-28(37)12-10-27(25)21-45-33-18-30(36(22-38)14-15-36)34(19-31(33)40)46(42,43)39-35(41)24(23)2/h6,9-10,12,17-19,23-24,26,29,32H,4-5,7-8,11,13-16,20-21H2,1-3H3,(H,39,41)/b9-6+/t23-,24+,26-,29+,32-/m0/s1. The summed E-state index contributed by atoms with van der Waals surface area (Å²) in [5.74, 6) is 0.0372. The minimum absolute atomic E-state index is 0.0129. The van der Waals surface area contributed by atoms with Crippen LogP contribution in [0.5, 0.6) is 5.75 Å². The van der Waals surface area contributed by atoms with Crippen molar-refractivity contribution in [2.75, 3.05) is 25.1 Å². The number of rotatable bonds is 2. The molecule has 2 aliphatic heterocycles. The Morgan fingerprint density at radius 1 is 1.13 bits per heavy atom. The van der Waals surface area contributed by atoms with Gasteiger partial charge in [0.2, 0.25) is 5.91 Å². The monoisotopic (exact) mass is 665 g/mol. The number of allylic oxidation sites excluding steroid dienone is 1. The number of hydrogen-bond donors (Lipinski definition) is 1. The fourth-order valence-corrected chi connectivity index (χ4v) is 8.80. The van der Waals surface area contributed by atoms with Crippen LogP contribution in [-0.4, -0.2) is 40.6 Å². The van der Waals surface area contributed by atoms with Gasteiger partial charge in [-0.05, 0) is 110 Å². The molecule has 0 unspecified atom stereocenters. The number of aryl methyl sites for hydroxylation is 1. The molecule has 4 aliphatic rings. The molecule has 46 heavy (non-hydrogen) atoms. The van der Waals surface area contributed by atoms with E-state index in [2.05, 4.69) is 27.8 Å². The first-order valence-corrected chi connectivity index (χ1v) is 18.4. The molecule has 2 fully saturated rings. The van der Waals surface area contributed by atoms with Crippen molar-refractivity contribution in [2.24, 2.45) is 23.7 Å². The van der Waals surface area contributed by atoms with Crippen molar-refractivity contribution in [3.8, 4) is 11.8 Å². The first-order valence-electron chi connectivity index (χ1n) is 16.6. The lowest BCUT2D eigenvalue weighted by molar-refractivity contribution is -0.124. The van der Waals surface area contributed by atoms with E-state index < -0.39 is 27.3 Å². The van der Waals surface area contributed by atoms with Crippen LogP contribution in [0, 0.1) is 35.0 Å². The lowest BCUT2D eigenvalue weighted by Crippen LogP contribution is -2.44. The molecule has 1 amide bonds. The van der Waals surface area contributed by atoms with Crippen molar-refractivity contribution in [3.63, 3.8) is 0 Å². The minimum Gasteiger partial charge on any atom is -0.487 e. The van der Waals surface area contributed by atoms with Crippen LogP contribution in [0.1, 0.15) is 75.5 Å². The highest BCUT2D eigenvalue weighted by atomic mass is 35.5. The van der Waals surface area contributed by atoms with E-state index in [1.807, 2.05) is 25.1 Å². The van der Waals surface area contributed by atoms with Crippen LogP contribution in [0.25, 0.3) is 0 Å². The molecule has 10 heteroatoms. The van der Waals surface area contributed by atoms with E-state index >= 15 is 0 Å². The number of sulfonamides is 1. The van der Waals surface area contributed by atoms with Crippen LogP contribution in [0.2, 0.25) is 5.02 Å². The van der Waals surface area contributed by atoms with Gasteiger partial charge < -0.3 is 14.4 Å². The summed E-state index contributed by atoms with van der Waals surface area (Å²) < 4.78 is 43.3. The second-order valence-electron chi connectivity index (χ2n) is 13.7. The number of fused-ring (bicyclic) bond motifs is 3. The summed E-state index contributed by atoms with van der Waals surface area (Å²) in [6, 6.07) is 11.7. The van der Waals surface area contributed by atoms with Crippen LogP contribution in [0.4, 0.5) is 5.69 Å². The zero-order valence-electron chi connectivity index (χ0n) is 26.9. The number of amides is 1. The van der Waals surface area contributed by atoms with Gasteiger partial charge in [0.1, 0.15) is 12.4 Å². The number of nitrogens with one attached hydrogen (secondary N) is 1. The number of anilines is 1. The predicted octanol–water partition coefficient (Wildman–Crippen LogP) is 6.70. The van der Waals surface area contributed by atoms with E-state index in [0.29, 0.717) is 59.7 Å². The number of carbonyl (C=O) groups excluding carboxylic acids is 1. The molecule has 0 aromatic heterocycles. The third-order valence-corrected chi connectivity index (χ3v) is 12.4. The Bertz CT molecular complexity index is 1660. The smallest absolute Gasteiger partial charge is 0.264 e. The Morgan fingerprint density at radius 2 is 1.93 bits per heavy atom. The number of ether oxygens (including phenoxy) is 2. The van der Waals surface area contributed by atoms with Gasteiger partial charge in [-0.15, -0.1) is 0 Å². The van der Waals surface area contributed by atoms with Crippen molar-refractivity contribution in [2.45, 2.75) is 88.2 Å². The Morgan fingerprint density at radius 3 is 2.63 bits per heavy atom. The third kappa shape index (κ3) is 6.54. The van der Waals surface area contributed by atoms with Gasteiger partial charge in [-0.25, -0.2) is 13.1 Å². The molecule has 8 nitrogen and oxygen atoms in total. The number of hydrogen-bond acceptors (Lipinski definition) is 7. The van der Waals surface area contributed by atoms with Crippen LogP contribution >= 0.6 is 11.6 Å². The SMILES string of the molecule is CO[C@H]1/C=C/C[C@H](C)[C@@H](C)C(=O)NS(=O)(=O)c2cc3c(cc2C2(C#N)CC2)OCc2ccc(Cl)cc2CCCCN3C[C@@H]2CC[C@H]21. The predicted molar refractivity (Wildman–Crippen MR) is 178 cm³/mol. The molecule has 2 saturated carbocycles. The van der Waals surface area contributed by atoms with E-state index in [4.69, 9.17) is 21.1 Å². The van der Waals surface area contributed by atoms with Crippen molar-refractivity contribution < 1.29 is 22.7 Å². The van der Waals surface area contributed by atoms with Crippen LogP contribution in [0.15, 0.2) is 47.4 Å². The van der Waals surface area contributed by atoms with Crippen LogP contribution in [0.3, 0.4) is 0 Å². The number of carbonyl (C=O) groups is 1. The molecular weight excluding hydrogens is 622 g/mol. The van der Waals surface area contributed by atoms with Crippen molar-refractivity contribution in [1.82, 2.24) is 4.72 Å². The minimum atomic E-state index is -4.31. The second kappa shape index (κ2) is 13.2. The molecule has 5 atom stereocenters. The summed E-state index contributed by atoms with van der Waals surface area (Å²) in [5.41, 5.74) is 2.30. The number of benzene rings is 2. The van der Waals surface area contributed by atoms with Crippen LogP contribution < -0.4 is 14.4 Å². The average Bonchev–Trinajstić information content (AvgIpc) is 3.82. The van der Waals surface area contributed by atoms with Gasteiger partial charge in [-0.2, -0.15) is 5.26 Å². The van der Waals surface area contributed by atoms with Crippen molar-refractivity contribution in [3.05, 3.63) is 64.2 Å². The van der Waals surface area contributed by atoms with Gasteiger partial charge in [0.05, 0.1) is 28.2 Å². The Kier molecular flexibility index (Phi) is 9.44. The molecule has 0 radical (unpaired) electrons. The molecule has 1 N–H and O–H groups in total. The van der Waals surface area contributed by atoms with E-state index in [-0.39, 0.29) is 23.5 Å². The lowest BCUT2D eigenvalue weighted by atomic mass is 9.70. The van der Waals surface area contributed by atoms with Gasteiger partial charge in [0.25, 0.3) is 10.0 Å². The highest BCUT2D eigenvalue weighted by molar-refractivity contribution is 7.90. The molecule has 0 spiro atoms. The molecule has 2 bridgehead atoms. The summed E-state index contributed by atoms with van der Waals surface area (Å²) in [6.07, 6.45) is 10.7. The first kappa shape index (κ1) is 32.9. The maximum absolute atomic E-state index is 14.1. The van der Waals surface area contributed by atoms with Gasteiger partial charge in [0, 0.05) is 31.1 Å². The third-order valence-electron chi connectivity index (χ3n) is 10.8. The average molecular weight is 666 g/mol. The van der Waals surface area contributed by atoms with E-state index in [9.17, 15) is 18.5 Å². The molecule has 2 heterocycles. The Hall–Kier alpha value is -3.06. The van der Waals surface area contributed by atoms with E-state index in [1.165, 1.54) is 0 Å². The van der Waals surface area contributed by atoms with Crippen molar-refractivity contribution >= 4 is 33.2 Å². The fourth-order valence-electron chi connectivity index (χ4n) is 7.23. The lowest BCUT2D eigenvalue weighted by Gasteiger charge is -2.43. The number of methoxy groups -OCH3 is 1. The maximum Gasteiger partial charge on any atom is 0.264 e. The van der Waals surface area contributed by atoms with Crippen LogP contribution in [-0.2, 0) is 38.0 Å². The molecular formula is C36H44ClN3O5S. The molecule has 6 rings (SSSR count). The maximum atomic E-state index is 14.1. The van der Waals surface area contributed by atoms with E-state index in [0.717, 1.165) is 49.8 Å².